The number of allylic oxidation sites excluding steroid dienone is 2. The highest BCUT2D eigenvalue weighted by Crippen LogP contribution is 2.34. The number of anilines is 1. The molecule has 0 aliphatic carbocycles. The van der Waals surface area contributed by atoms with Crippen LogP contribution in [-0.2, 0) is 14.4 Å². The summed E-state index contributed by atoms with van der Waals surface area (Å²) in [5, 5.41) is 15.7. The van der Waals surface area contributed by atoms with Crippen molar-refractivity contribution in [3.63, 3.8) is 0 Å². The predicted octanol–water partition coefficient (Wildman–Crippen LogP) is 1.96. The van der Waals surface area contributed by atoms with Gasteiger partial charge in [-0.1, -0.05) is 11.2 Å². The van der Waals surface area contributed by atoms with E-state index in [2.05, 4.69) is 10.5 Å². The number of ether oxygens (including phenoxy) is 2. The van der Waals surface area contributed by atoms with Crippen LogP contribution in [0.15, 0.2) is 35.5 Å². The Labute approximate surface area is 144 Å². The fourth-order valence-electron chi connectivity index (χ4n) is 2.69. The first kappa shape index (κ1) is 16.8. The molecule has 1 unspecified atom stereocenters. The van der Waals surface area contributed by atoms with Crippen LogP contribution in [0.25, 0.3) is 0 Å². The first-order valence-electron chi connectivity index (χ1n) is 7.83. The van der Waals surface area contributed by atoms with Gasteiger partial charge in [0.05, 0.1) is 12.1 Å². The van der Waals surface area contributed by atoms with Gasteiger partial charge in [0.15, 0.2) is 11.5 Å². The van der Waals surface area contributed by atoms with E-state index in [1.807, 2.05) is 0 Å². The largest absolute Gasteiger partial charge is 0.486 e. The molecule has 0 saturated heterocycles. The Bertz CT molecular complexity index is 758. The molecule has 2 N–H and O–H groups in total. The van der Waals surface area contributed by atoms with E-state index >= 15 is 0 Å². The molecule has 1 amide bonds. The zero-order valence-corrected chi connectivity index (χ0v) is 13.7. The van der Waals surface area contributed by atoms with Gasteiger partial charge in [-0.2, -0.15) is 0 Å². The smallest absolute Gasteiger partial charge is 0.308 e. The minimum absolute atomic E-state index is 0.0834. The third kappa shape index (κ3) is 3.57. The number of hydrogen-bond acceptors (Lipinski definition) is 6. The van der Waals surface area contributed by atoms with Gasteiger partial charge < -0.3 is 24.7 Å². The Morgan fingerprint density at radius 3 is 2.80 bits per heavy atom. The van der Waals surface area contributed by atoms with Crippen LogP contribution in [0, 0.1) is 0 Å². The molecule has 0 spiro atoms. The lowest BCUT2D eigenvalue weighted by Gasteiger charge is -2.24. The highest BCUT2D eigenvalue weighted by atomic mass is 16.7. The number of oxime groups is 1. The number of carboxylic acid groups (broad SMARTS) is 1. The van der Waals surface area contributed by atoms with Crippen molar-refractivity contribution in [3.8, 4) is 11.5 Å². The number of hydrogen-bond donors (Lipinski definition) is 2. The SMILES string of the molecule is CC=CC1=NOC(CC(=O)O)(C(=O)Nc2ccc3c(c2)OCCO3)C1. The van der Waals surface area contributed by atoms with Crippen molar-refractivity contribution in [1.29, 1.82) is 0 Å². The highest BCUT2D eigenvalue weighted by Gasteiger charge is 2.48. The molecule has 8 nitrogen and oxygen atoms in total. The molecule has 3 rings (SSSR count). The first-order chi connectivity index (χ1) is 12.0. The number of fused-ring (bicyclic) bond motifs is 1. The van der Waals surface area contributed by atoms with Gasteiger partial charge in [-0.3, -0.25) is 9.59 Å². The lowest BCUT2D eigenvalue weighted by Crippen LogP contribution is -2.45. The maximum atomic E-state index is 12.7. The molecule has 25 heavy (non-hydrogen) atoms. The van der Waals surface area contributed by atoms with E-state index in [0.717, 1.165) is 0 Å². The normalized spacial score (nSPS) is 21.6. The lowest BCUT2D eigenvalue weighted by atomic mass is 9.92. The Balaban J connectivity index is 1.78. The Morgan fingerprint density at radius 2 is 2.08 bits per heavy atom. The topological polar surface area (TPSA) is 106 Å². The number of rotatable bonds is 5. The molecule has 1 aromatic rings. The third-order valence-corrected chi connectivity index (χ3v) is 3.81. The summed E-state index contributed by atoms with van der Waals surface area (Å²) in [5.41, 5.74) is -0.600. The van der Waals surface area contributed by atoms with Crippen LogP contribution in [0.3, 0.4) is 0 Å². The number of carbonyl (C=O) groups excluding carboxylic acids is 1. The second kappa shape index (κ2) is 6.84. The zero-order chi connectivity index (χ0) is 17.9. The maximum absolute atomic E-state index is 12.7. The fraction of sp³-hybridized carbons (Fsp3) is 0.353. The van der Waals surface area contributed by atoms with E-state index < -0.39 is 23.9 Å². The number of carboxylic acids is 1. The van der Waals surface area contributed by atoms with Crippen LogP contribution < -0.4 is 14.8 Å². The molecule has 132 valence electrons. The molecule has 0 saturated carbocycles. The van der Waals surface area contributed by atoms with Gasteiger partial charge in [0.1, 0.15) is 13.2 Å². The van der Waals surface area contributed by atoms with Gasteiger partial charge in [-0.05, 0) is 25.1 Å². The number of nitrogens with one attached hydrogen (secondary N) is 1. The number of amides is 1. The zero-order valence-electron chi connectivity index (χ0n) is 13.7. The summed E-state index contributed by atoms with van der Waals surface area (Å²) in [7, 11) is 0. The average Bonchev–Trinajstić information content (AvgIpc) is 2.98. The van der Waals surface area contributed by atoms with E-state index in [0.29, 0.717) is 36.1 Å². The molecule has 0 fully saturated rings. The van der Waals surface area contributed by atoms with Crippen molar-refractivity contribution in [2.24, 2.45) is 5.16 Å². The van der Waals surface area contributed by atoms with E-state index in [4.69, 9.17) is 19.4 Å². The quantitative estimate of drug-likeness (QED) is 0.844. The van der Waals surface area contributed by atoms with Gasteiger partial charge in [0.25, 0.3) is 5.91 Å². The number of nitrogens with zero attached hydrogens (tertiary/aromatic N) is 1. The summed E-state index contributed by atoms with van der Waals surface area (Å²) in [4.78, 5) is 29.2. The molecule has 2 aliphatic heterocycles. The molecule has 0 aromatic heterocycles. The Kier molecular flexibility index (Phi) is 4.60. The Morgan fingerprint density at radius 1 is 1.32 bits per heavy atom. The van der Waals surface area contributed by atoms with Gasteiger partial charge in [0.2, 0.25) is 5.60 Å². The number of benzene rings is 1. The molecular weight excluding hydrogens is 328 g/mol. The van der Waals surface area contributed by atoms with Gasteiger partial charge in [-0.25, -0.2) is 0 Å². The van der Waals surface area contributed by atoms with E-state index in [1.54, 1.807) is 37.3 Å². The molecule has 8 heteroatoms. The molecule has 2 aliphatic rings. The van der Waals surface area contributed by atoms with Crippen molar-refractivity contribution in [1.82, 2.24) is 0 Å². The van der Waals surface area contributed by atoms with Crippen molar-refractivity contribution in [2.75, 3.05) is 18.5 Å². The van der Waals surface area contributed by atoms with E-state index in [1.165, 1.54) is 0 Å². The van der Waals surface area contributed by atoms with Crippen LogP contribution >= 0.6 is 0 Å². The van der Waals surface area contributed by atoms with Gasteiger partial charge >= 0.3 is 5.97 Å². The third-order valence-electron chi connectivity index (χ3n) is 3.81. The fourth-order valence-corrected chi connectivity index (χ4v) is 2.69. The minimum Gasteiger partial charge on any atom is -0.486 e. The Hall–Kier alpha value is -3.03. The summed E-state index contributed by atoms with van der Waals surface area (Å²) >= 11 is 0. The maximum Gasteiger partial charge on any atom is 0.308 e. The summed E-state index contributed by atoms with van der Waals surface area (Å²) in [6.45, 7) is 2.70. The van der Waals surface area contributed by atoms with Crippen LogP contribution in [0.4, 0.5) is 5.69 Å². The molecule has 1 atom stereocenters. The summed E-state index contributed by atoms with van der Waals surface area (Å²) in [5.74, 6) is -0.598. The molecule has 1 aromatic carbocycles. The number of aliphatic carboxylic acids is 1. The monoisotopic (exact) mass is 346 g/mol. The average molecular weight is 346 g/mol. The van der Waals surface area contributed by atoms with Crippen LogP contribution in [0.5, 0.6) is 11.5 Å². The molecular formula is C17H18N2O6. The van der Waals surface area contributed by atoms with Crippen molar-refractivity contribution in [2.45, 2.75) is 25.4 Å². The van der Waals surface area contributed by atoms with Crippen LogP contribution in [0.2, 0.25) is 0 Å². The van der Waals surface area contributed by atoms with Gasteiger partial charge in [0, 0.05) is 18.2 Å². The highest BCUT2D eigenvalue weighted by molar-refractivity contribution is 6.06. The second-order valence-corrected chi connectivity index (χ2v) is 5.73. The van der Waals surface area contributed by atoms with Crippen LogP contribution in [-0.4, -0.2) is 41.5 Å². The molecule has 2 heterocycles. The van der Waals surface area contributed by atoms with Crippen LogP contribution in [0.1, 0.15) is 19.8 Å². The summed E-state index contributed by atoms with van der Waals surface area (Å²) < 4.78 is 10.9. The van der Waals surface area contributed by atoms with Crippen molar-refractivity contribution in [3.05, 3.63) is 30.4 Å². The van der Waals surface area contributed by atoms with Crippen molar-refractivity contribution >= 4 is 23.3 Å². The standard InChI is InChI=1S/C17H18N2O6/c1-2-3-12-9-17(25-19-12,10-15(20)21)16(22)18-11-4-5-13-14(8-11)24-7-6-23-13/h2-5,8H,6-7,9-10H2,1H3,(H,18,22)(H,20,21). The summed E-state index contributed by atoms with van der Waals surface area (Å²) in [6, 6.07) is 4.97. The number of carbonyl (C=O) groups is 2. The molecule has 0 bridgehead atoms. The van der Waals surface area contributed by atoms with E-state index in [9.17, 15) is 9.59 Å². The minimum atomic E-state index is -1.58. The van der Waals surface area contributed by atoms with Gasteiger partial charge in [-0.15, -0.1) is 0 Å². The summed E-state index contributed by atoms with van der Waals surface area (Å²) in [6.07, 6.45) is 3.02. The lowest BCUT2D eigenvalue weighted by molar-refractivity contribution is -0.152. The van der Waals surface area contributed by atoms with E-state index in [-0.39, 0.29) is 6.42 Å². The first-order valence-corrected chi connectivity index (χ1v) is 7.83. The second-order valence-electron chi connectivity index (χ2n) is 5.73. The van der Waals surface area contributed by atoms with Crippen molar-refractivity contribution < 1.29 is 29.0 Å². The predicted molar refractivity (Wildman–Crippen MR) is 89.0 cm³/mol. The molecule has 0 radical (unpaired) electrons.